The summed E-state index contributed by atoms with van der Waals surface area (Å²) in [6.45, 7) is 3.13. The van der Waals surface area contributed by atoms with Gasteiger partial charge in [0.1, 0.15) is 0 Å². The second kappa shape index (κ2) is 8.61. The molecule has 0 aliphatic carbocycles. The lowest BCUT2D eigenvalue weighted by atomic mass is 10.4. The molecule has 1 fully saturated rings. The Morgan fingerprint density at radius 1 is 1.07 bits per heavy atom. The molecule has 6 N–H and O–H groups in total. The van der Waals surface area contributed by atoms with Crippen molar-refractivity contribution in [3.8, 4) is 0 Å². The Kier molecular flexibility index (Phi) is 8.01. The Labute approximate surface area is 83.4 Å². The van der Waals surface area contributed by atoms with Crippen LogP contribution in [-0.2, 0) is 9.59 Å². The third-order valence-corrected chi connectivity index (χ3v) is 1.50. The molecule has 0 aromatic rings. The second-order valence-electron chi connectivity index (χ2n) is 2.80. The number of imide groups is 1. The highest BCUT2D eigenvalue weighted by Crippen LogP contribution is 1.95. The normalized spacial score (nSPS) is 14.7. The van der Waals surface area contributed by atoms with Gasteiger partial charge in [0.2, 0.25) is 11.8 Å². The summed E-state index contributed by atoms with van der Waals surface area (Å²) in [5.74, 6) is -0.296. The summed E-state index contributed by atoms with van der Waals surface area (Å²) in [6.07, 6.45) is 0.748. The maximum absolute atomic E-state index is 10.1. The molecule has 1 aliphatic heterocycles. The number of hydrogen-bond donors (Lipinski definition) is 4. The minimum absolute atomic E-state index is 0.148. The van der Waals surface area contributed by atoms with E-state index in [-0.39, 0.29) is 11.8 Å². The highest BCUT2D eigenvalue weighted by atomic mass is 16.2. The van der Waals surface area contributed by atoms with Gasteiger partial charge in [-0.25, -0.2) is 0 Å². The molecule has 1 saturated heterocycles. The molecule has 6 nitrogen and oxygen atoms in total. The van der Waals surface area contributed by atoms with Gasteiger partial charge >= 0.3 is 0 Å². The standard InChI is InChI=1S/C4H13N3.C4H5NO2/c5-1-3-7-4-2-6;6-3-1-2-4(7)5-3/h7H,1-6H2;1-2H2,(H,5,6,7). The molecule has 0 aromatic carbocycles. The number of rotatable bonds is 4. The average molecular weight is 202 g/mol. The molecule has 0 bridgehead atoms. The van der Waals surface area contributed by atoms with Crippen LogP contribution in [0.1, 0.15) is 12.8 Å². The first-order valence-corrected chi connectivity index (χ1v) is 4.64. The Morgan fingerprint density at radius 3 is 1.71 bits per heavy atom. The van der Waals surface area contributed by atoms with Crippen molar-refractivity contribution in [2.75, 3.05) is 26.2 Å². The fraction of sp³-hybridized carbons (Fsp3) is 0.750. The summed E-state index contributed by atoms with van der Waals surface area (Å²) in [7, 11) is 0. The summed E-state index contributed by atoms with van der Waals surface area (Å²) >= 11 is 0. The quantitative estimate of drug-likeness (QED) is 0.309. The van der Waals surface area contributed by atoms with E-state index < -0.39 is 0 Å². The Balaban J connectivity index is 0.000000241. The van der Waals surface area contributed by atoms with Crippen LogP contribution in [0.2, 0.25) is 0 Å². The van der Waals surface area contributed by atoms with Gasteiger partial charge in [0.15, 0.2) is 0 Å². The van der Waals surface area contributed by atoms with Gasteiger partial charge in [0.25, 0.3) is 0 Å². The molecule has 0 aromatic heterocycles. The summed E-state index contributed by atoms with van der Waals surface area (Å²) in [6, 6.07) is 0. The van der Waals surface area contributed by atoms with E-state index in [2.05, 4.69) is 10.6 Å². The fourth-order valence-electron chi connectivity index (χ4n) is 0.837. The lowest BCUT2D eigenvalue weighted by molar-refractivity contribution is -0.124. The molecule has 82 valence electrons. The number of hydrogen-bond acceptors (Lipinski definition) is 5. The second-order valence-corrected chi connectivity index (χ2v) is 2.80. The molecular formula is C8H18N4O2. The smallest absolute Gasteiger partial charge is 0.227 e. The third kappa shape index (κ3) is 7.66. The monoisotopic (exact) mass is 202 g/mol. The van der Waals surface area contributed by atoms with Gasteiger partial charge in [-0.2, -0.15) is 0 Å². The van der Waals surface area contributed by atoms with Crippen molar-refractivity contribution in [1.82, 2.24) is 10.6 Å². The molecule has 14 heavy (non-hydrogen) atoms. The van der Waals surface area contributed by atoms with E-state index in [1.165, 1.54) is 0 Å². The predicted molar refractivity (Wildman–Crippen MR) is 53.4 cm³/mol. The predicted octanol–water partition coefficient (Wildman–Crippen LogP) is -2.08. The largest absolute Gasteiger partial charge is 0.329 e. The van der Waals surface area contributed by atoms with Crippen LogP contribution in [0.4, 0.5) is 0 Å². The number of carbonyl (C=O) groups excluding carboxylic acids is 2. The van der Waals surface area contributed by atoms with E-state index in [0.29, 0.717) is 25.9 Å². The maximum atomic E-state index is 10.1. The zero-order valence-corrected chi connectivity index (χ0v) is 8.21. The maximum Gasteiger partial charge on any atom is 0.227 e. The molecule has 1 rings (SSSR count). The van der Waals surface area contributed by atoms with Crippen LogP contribution in [0.5, 0.6) is 0 Å². The van der Waals surface area contributed by atoms with Gasteiger partial charge in [0, 0.05) is 39.0 Å². The Morgan fingerprint density at radius 2 is 1.50 bits per heavy atom. The first-order chi connectivity index (χ1) is 6.70. The number of carbonyl (C=O) groups is 2. The first kappa shape index (κ1) is 13.0. The Hall–Kier alpha value is -0.980. The topological polar surface area (TPSA) is 110 Å². The zero-order chi connectivity index (χ0) is 10.8. The summed E-state index contributed by atoms with van der Waals surface area (Å²) in [5.41, 5.74) is 10.3. The van der Waals surface area contributed by atoms with Crippen molar-refractivity contribution in [3.63, 3.8) is 0 Å². The minimum atomic E-state index is -0.148. The SMILES string of the molecule is NCCNCCN.O=C1CCC(=O)N1. The number of amides is 2. The lowest BCUT2D eigenvalue weighted by Gasteiger charge is -1.95. The van der Waals surface area contributed by atoms with E-state index in [9.17, 15) is 9.59 Å². The molecule has 2 amide bonds. The molecule has 6 heteroatoms. The highest BCUT2D eigenvalue weighted by molar-refractivity contribution is 6.01. The van der Waals surface area contributed by atoms with Crippen LogP contribution in [0.25, 0.3) is 0 Å². The number of nitrogens with one attached hydrogen (secondary N) is 2. The molecule has 0 radical (unpaired) electrons. The summed E-state index contributed by atoms with van der Waals surface area (Å²) in [5, 5.41) is 5.17. The highest BCUT2D eigenvalue weighted by Gasteiger charge is 2.15. The van der Waals surface area contributed by atoms with E-state index in [1.807, 2.05) is 0 Å². The van der Waals surface area contributed by atoms with Crippen molar-refractivity contribution in [3.05, 3.63) is 0 Å². The van der Waals surface area contributed by atoms with Gasteiger partial charge in [-0.1, -0.05) is 0 Å². The third-order valence-electron chi connectivity index (χ3n) is 1.50. The fourth-order valence-corrected chi connectivity index (χ4v) is 0.837. The zero-order valence-electron chi connectivity index (χ0n) is 8.21. The summed E-state index contributed by atoms with van der Waals surface area (Å²) in [4.78, 5) is 20.2. The van der Waals surface area contributed by atoms with Crippen LogP contribution >= 0.6 is 0 Å². The van der Waals surface area contributed by atoms with Crippen molar-refractivity contribution >= 4 is 11.8 Å². The molecular weight excluding hydrogens is 184 g/mol. The van der Waals surface area contributed by atoms with Gasteiger partial charge in [-0.15, -0.1) is 0 Å². The van der Waals surface area contributed by atoms with E-state index in [4.69, 9.17) is 11.5 Å². The van der Waals surface area contributed by atoms with E-state index in [1.54, 1.807) is 0 Å². The minimum Gasteiger partial charge on any atom is -0.329 e. The number of nitrogens with two attached hydrogens (primary N) is 2. The molecule has 0 spiro atoms. The molecule has 0 saturated carbocycles. The van der Waals surface area contributed by atoms with Crippen LogP contribution in [0, 0.1) is 0 Å². The van der Waals surface area contributed by atoms with Gasteiger partial charge in [0.05, 0.1) is 0 Å². The van der Waals surface area contributed by atoms with Crippen molar-refractivity contribution in [2.45, 2.75) is 12.8 Å². The van der Waals surface area contributed by atoms with Crippen LogP contribution in [0.3, 0.4) is 0 Å². The van der Waals surface area contributed by atoms with E-state index >= 15 is 0 Å². The molecule has 0 unspecified atom stereocenters. The molecule has 1 aliphatic rings. The Bertz CT molecular complexity index is 166. The van der Waals surface area contributed by atoms with Gasteiger partial charge < -0.3 is 16.8 Å². The van der Waals surface area contributed by atoms with Crippen LogP contribution in [0.15, 0.2) is 0 Å². The molecule has 0 atom stereocenters. The first-order valence-electron chi connectivity index (χ1n) is 4.64. The van der Waals surface area contributed by atoms with Crippen molar-refractivity contribution < 1.29 is 9.59 Å². The lowest BCUT2D eigenvalue weighted by Crippen LogP contribution is -2.27. The van der Waals surface area contributed by atoms with E-state index in [0.717, 1.165) is 13.1 Å². The average Bonchev–Trinajstić information content (AvgIpc) is 2.52. The van der Waals surface area contributed by atoms with Crippen molar-refractivity contribution in [1.29, 1.82) is 0 Å². The van der Waals surface area contributed by atoms with Gasteiger partial charge in [-0.05, 0) is 0 Å². The van der Waals surface area contributed by atoms with Crippen LogP contribution < -0.4 is 22.1 Å². The van der Waals surface area contributed by atoms with Crippen molar-refractivity contribution in [2.24, 2.45) is 11.5 Å². The van der Waals surface area contributed by atoms with Crippen LogP contribution in [-0.4, -0.2) is 38.0 Å². The summed E-state index contributed by atoms with van der Waals surface area (Å²) < 4.78 is 0. The van der Waals surface area contributed by atoms with Gasteiger partial charge in [-0.3, -0.25) is 14.9 Å². The molecule has 1 heterocycles.